The first-order chi connectivity index (χ1) is 16.2. The van der Waals surface area contributed by atoms with Crippen molar-refractivity contribution < 1.29 is 9.47 Å². The van der Waals surface area contributed by atoms with Crippen molar-refractivity contribution in [1.82, 2.24) is 29.8 Å². The van der Waals surface area contributed by atoms with Gasteiger partial charge < -0.3 is 14.8 Å². The molecule has 5 heterocycles. The summed E-state index contributed by atoms with van der Waals surface area (Å²) in [6.07, 6.45) is 13.1. The van der Waals surface area contributed by atoms with Crippen LogP contribution in [0.2, 0.25) is 0 Å². The highest BCUT2D eigenvalue weighted by Crippen LogP contribution is 2.43. The van der Waals surface area contributed by atoms with Gasteiger partial charge in [0.25, 0.3) is 0 Å². The summed E-state index contributed by atoms with van der Waals surface area (Å²) in [4.78, 5) is 25.6. The van der Waals surface area contributed by atoms with Gasteiger partial charge in [0.1, 0.15) is 6.10 Å². The predicted molar refractivity (Wildman–Crippen MR) is 124 cm³/mol. The molecule has 3 aromatic heterocycles. The Morgan fingerprint density at radius 1 is 1.09 bits per heavy atom. The lowest BCUT2D eigenvalue weighted by atomic mass is 9.72. The molecule has 3 aliphatic rings. The molecule has 0 radical (unpaired) electrons. The van der Waals surface area contributed by atoms with E-state index >= 15 is 0 Å². The van der Waals surface area contributed by atoms with E-state index in [4.69, 9.17) is 9.47 Å². The lowest BCUT2D eigenvalue weighted by Crippen LogP contribution is -2.46. The second-order valence-corrected chi connectivity index (χ2v) is 10.3. The van der Waals surface area contributed by atoms with E-state index in [9.17, 15) is 0 Å². The van der Waals surface area contributed by atoms with Crippen molar-refractivity contribution in [1.29, 1.82) is 0 Å². The number of likely N-dealkylation sites (tertiary alicyclic amines) is 1. The summed E-state index contributed by atoms with van der Waals surface area (Å²) in [6.45, 7) is 5.04. The van der Waals surface area contributed by atoms with Crippen LogP contribution < -0.4 is 10.1 Å². The average Bonchev–Trinajstić information content (AvgIpc) is 3.26. The van der Waals surface area contributed by atoms with Crippen LogP contribution in [0.25, 0.3) is 10.6 Å². The Morgan fingerprint density at radius 3 is 2.61 bits per heavy atom. The fourth-order valence-electron chi connectivity index (χ4n) is 4.53. The number of ether oxygens (including phenoxy) is 2. The lowest BCUT2D eigenvalue weighted by Gasteiger charge is -2.45. The van der Waals surface area contributed by atoms with Gasteiger partial charge >= 0.3 is 6.01 Å². The SMILES string of the molecule is c1cc(-c2cnc(Nc3ncc(CN4CCC4)cn3)s2)nc(OC2CCC3(CC2)COC3)n1. The summed E-state index contributed by atoms with van der Waals surface area (Å²) >= 11 is 1.50. The first kappa shape index (κ1) is 20.9. The molecule has 1 spiro atoms. The fourth-order valence-corrected chi connectivity index (χ4v) is 5.31. The van der Waals surface area contributed by atoms with Crippen LogP contribution in [0, 0.1) is 5.41 Å². The standard InChI is InChI=1S/C23H27N7O2S/c1-8-30(9-1)13-16-10-25-20(26-11-16)29-22-27-12-19(33-22)18-4-7-24-21(28-18)32-17-2-5-23(6-3-17)14-31-15-23/h4,7,10-12,17H,1-3,5-6,8-9,13-15H2,(H,25,26,27,29). The number of hydrogen-bond donors (Lipinski definition) is 1. The van der Waals surface area contributed by atoms with Crippen LogP contribution in [-0.2, 0) is 11.3 Å². The summed E-state index contributed by atoms with van der Waals surface area (Å²) in [7, 11) is 0. The summed E-state index contributed by atoms with van der Waals surface area (Å²) < 4.78 is 11.5. The molecular weight excluding hydrogens is 438 g/mol. The number of anilines is 2. The zero-order chi connectivity index (χ0) is 22.1. The summed E-state index contributed by atoms with van der Waals surface area (Å²) in [5, 5.41) is 3.91. The largest absolute Gasteiger partial charge is 0.460 e. The number of thiazole rings is 1. The van der Waals surface area contributed by atoms with Gasteiger partial charge in [-0.3, -0.25) is 4.90 Å². The third-order valence-corrected chi connectivity index (χ3v) is 7.69. The molecule has 10 heteroatoms. The van der Waals surface area contributed by atoms with Crippen molar-refractivity contribution in [3.05, 3.63) is 36.4 Å². The Hall–Kier alpha value is -2.69. The Bertz CT molecular complexity index is 1090. The molecule has 0 atom stereocenters. The monoisotopic (exact) mass is 465 g/mol. The molecule has 2 aliphatic heterocycles. The van der Waals surface area contributed by atoms with Crippen LogP contribution in [-0.4, -0.2) is 62.2 Å². The second-order valence-electron chi connectivity index (χ2n) is 9.23. The Labute approximate surface area is 196 Å². The van der Waals surface area contributed by atoms with Crippen LogP contribution in [0.4, 0.5) is 11.1 Å². The van der Waals surface area contributed by atoms with E-state index in [1.54, 1.807) is 12.4 Å². The van der Waals surface area contributed by atoms with Crippen LogP contribution in [0.1, 0.15) is 37.7 Å². The summed E-state index contributed by atoms with van der Waals surface area (Å²) in [5.41, 5.74) is 2.34. The third-order valence-electron chi connectivity index (χ3n) is 6.75. The third kappa shape index (κ3) is 4.68. The van der Waals surface area contributed by atoms with Gasteiger partial charge in [0, 0.05) is 42.3 Å². The highest BCUT2D eigenvalue weighted by atomic mass is 32.1. The van der Waals surface area contributed by atoms with Crippen LogP contribution >= 0.6 is 11.3 Å². The van der Waals surface area contributed by atoms with Gasteiger partial charge in [-0.25, -0.2) is 19.9 Å². The molecule has 3 fully saturated rings. The maximum absolute atomic E-state index is 6.11. The zero-order valence-corrected chi connectivity index (χ0v) is 19.3. The predicted octanol–water partition coefficient (Wildman–Crippen LogP) is 3.68. The minimum atomic E-state index is 0.173. The van der Waals surface area contributed by atoms with Gasteiger partial charge in [0.05, 0.1) is 23.8 Å². The molecule has 0 amide bonds. The van der Waals surface area contributed by atoms with Gasteiger partial charge in [-0.15, -0.1) is 0 Å². The number of aromatic nitrogens is 5. The Kier molecular flexibility index (Phi) is 5.65. The van der Waals surface area contributed by atoms with Crippen LogP contribution in [0.5, 0.6) is 6.01 Å². The van der Waals surface area contributed by atoms with E-state index in [0.29, 0.717) is 17.4 Å². The molecule has 6 rings (SSSR count). The number of hydrogen-bond acceptors (Lipinski definition) is 10. The Balaban J connectivity index is 1.07. The second kappa shape index (κ2) is 8.92. The Morgan fingerprint density at radius 2 is 1.91 bits per heavy atom. The van der Waals surface area contributed by atoms with E-state index in [0.717, 1.165) is 79.8 Å². The molecule has 9 nitrogen and oxygen atoms in total. The molecule has 172 valence electrons. The van der Waals surface area contributed by atoms with Gasteiger partial charge in [-0.2, -0.15) is 4.98 Å². The minimum Gasteiger partial charge on any atom is -0.460 e. The smallest absolute Gasteiger partial charge is 0.317 e. The number of rotatable bonds is 7. The van der Waals surface area contributed by atoms with E-state index in [1.807, 2.05) is 18.5 Å². The molecule has 3 aromatic rings. The molecule has 0 bridgehead atoms. The summed E-state index contributed by atoms with van der Waals surface area (Å²) in [5.74, 6) is 0.543. The molecular formula is C23H27N7O2S. The van der Waals surface area contributed by atoms with Gasteiger partial charge in [-0.05, 0) is 51.3 Å². The first-order valence-corrected chi connectivity index (χ1v) is 12.4. The average molecular weight is 466 g/mol. The molecule has 1 N–H and O–H groups in total. The van der Waals surface area contributed by atoms with Crippen LogP contribution in [0.15, 0.2) is 30.9 Å². The van der Waals surface area contributed by atoms with E-state index in [1.165, 1.54) is 17.8 Å². The molecule has 2 saturated heterocycles. The lowest BCUT2D eigenvalue weighted by molar-refractivity contribution is -0.140. The summed E-state index contributed by atoms with van der Waals surface area (Å²) in [6, 6.07) is 2.31. The van der Waals surface area contributed by atoms with Gasteiger partial charge in [0.2, 0.25) is 5.95 Å². The quantitative estimate of drug-likeness (QED) is 0.560. The fraction of sp³-hybridized carbons (Fsp3) is 0.522. The molecule has 0 aromatic carbocycles. The van der Waals surface area contributed by atoms with Crippen LogP contribution in [0.3, 0.4) is 0 Å². The van der Waals surface area contributed by atoms with Crippen molar-refractivity contribution in [2.75, 3.05) is 31.6 Å². The van der Waals surface area contributed by atoms with E-state index in [2.05, 4.69) is 35.1 Å². The maximum Gasteiger partial charge on any atom is 0.317 e. The molecule has 1 aliphatic carbocycles. The normalized spacial score (nSPS) is 20.2. The minimum absolute atomic E-state index is 0.173. The van der Waals surface area contributed by atoms with Crippen molar-refractivity contribution in [3.63, 3.8) is 0 Å². The first-order valence-electron chi connectivity index (χ1n) is 11.6. The zero-order valence-electron chi connectivity index (χ0n) is 18.4. The van der Waals surface area contributed by atoms with E-state index < -0.39 is 0 Å². The number of nitrogens with one attached hydrogen (secondary N) is 1. The van der Waals surface area contributed by atoms with Crippen molar-refractivity contribution in [2.24, 2.45) is 5.41 Å². The van der Waals surface area contributed by atoms with E-state index in [-0.39, 0.29) is 6.10 Å². The maximum atomic E-state index is 6.11. The molecule has 33 heavy (non-hydrogen) atoms. The van der Waals surface area contributed by atoms with Crippen molar-refractivity contribution in [3.8, 4) is 16.6 Å². The van der Waals surface area contributed by atoms with Gasteiger partial charge in [-0.1, -0.05) is 11.3 Å². The van der Waals surface area contributed by atoms with Crippen molar-refractivity contribution >= 4 is 22.4 Å². The van der Waals surface area contributed by atoms with Gasteiger partial charge in [0.15, 0.2) is 5.13 Å². The highest BCUT2D eigenvalue weighted by Gasteiger charge is 2.42. The highest BCUT2D eigenvalue weighted by molar-refractivity contribution is 7.18. The number of nitrogens with zero attached hydrogens (tertiary/aromatic N) is 6. The molecule has 0 unspecified atom stereocenters. The van der Waals surface area contributed by atoms with Crippen molar-refractivity contribution in [2.45, 2.75) is 44.8 Å². The topological polar surface area (TPSA) is 98.2 Å². The molecule has 1 saturated carbocycles.